The molecule has 2 aromatic rings. The monoisotopic (exact) mass is 438 g/mol. The van der Waals surface area contributed by atoms with Gasteiger partial charge in [0.05, 0.1) is 4.47 Å². The first-order valence-corrected chi connectivity index (χ1v) is 8.76. The standard InChI is InChI=1S/C14H11BrF4N4OS/c15-9-2-1-8(7-10(9)16)11(24)22-3-5-23(6-4-22)13-21-20-12(25-13)14(17,18)19/h1-2,7H,3-6H2. The number of hydrogen-bond donors (Lipinski definition) is 0. The van der Waals surface area contributed by atoms with Crippen molar-refractivity contribution in [2.24, 2.45) is 0 Å². The van der Waals surface area contributed by atoms with Crippen LogP contribution in [0.3, 0.4) is 0 Å². The first-order valence-electron chi connectivity index (χ1n) is 7.15. The summed E-state index contributed by atoms with van der Waals surface area (Å²) >= 11 is 3.50. The number of carbonyl (C=O) groups excluding carboxylic acids is 1. The molecule has 1 aromatic carbocycles. The van der Waals surface area contributed by atoms with Crippen LogP contribution in [0.15, 0.2) is 22.7 Å². The molecule has 1 aliphatic heterocycles. The summed E-state index contributed by atoms with van der Waals surface area (Å²) < 4.78 is 51.6. The number of hydrogen-bond acceptors (Lipinski definition) is 5. The van der Waals surface area contributed by atoms with Crippen LogP contribution in [0, 0.1) is 5.82 Å². The van der Waals surface area contributed by atoms with Crippen molar-refractivity contribution < 1.29 is 22.4 Å². The van der Waals surface area contributed by atoms with E-state index in [9.17, 15) is 22.4 Å². The fourth-order valence-electron chi connectivity index (χ4n) is 2.37. The topological polar surface area (TPSA) is 49.3 Å². The van der Waals surface area contributed by atoms with Crippen LogP contribution in [0.4, 0.5) is 22.7 Å². The molecular formula is C14H11BrF4N4OS. The van der Waals surface area contributed by atoms with E-state index in [0.29, 0.717) is 37.5 Å². The molecular weight excluding hydrogens is 428 g/mol. The third-order valence-corrected chi connectivity index (χ3v) is 5.33. The maximum atomic E-state index is 13.6. The Morgan fingerprint density at radius 2 is 1.84 bits per heavy atom. The number of nitrogens with zero attached hydrogens (tertiary/aromatic N) is 4. The normalized spacial score (nSPS) is 15.6. The Morgan fingerprint density at radius 3 is 2.40 bits per heavy atom. The van der Waals surface area contributed by atoms with Crippen molar-refractivity contribution >= 4 is 38.3 Å². The fraction of sp³-hybridized carbons (Fsp3) is 0.357. The van der Waals surface area contributed by atoms with Gasteiger partial charge in [-0.15, -0.1) is 10.2 Å². The molecule has 0 N–H and O–H groups in total. The number of halogens is 5. The molecule has 0 bridgehead atoms. The summed E-state index contributed by atoms with van der Waals surface area (Å²) in [5.41, 5.74) is 0.226. The van der Waals surface area contributed by atoms with Gasteiger partial charge in [0, 0.05) is 31.7 Å². The number of amides is 1. The highest BCUT2D eigenvalue weighted by molar-refractivity contribution is 9.10. The van der Waals surface area contributed by atoms with Crippen molar-refractivity contribution in [1.82, 2.24) is 15.1 Å². The van der Waals surface area contributed by atoms with Crippen molar-refractivity contribution in [3.63, 3.8) is 0 Å². The Kier molecular flexibility index (Phi) is 4.96. The second-order valence-corrected chi connectivity index (χ2v) is 7.11. The van der Waals surface area contributed by atoms with E-state index in [-0.39, 0.29) is 21.1 Å². The predicted molar refractivity (Wildman–Crippen MR) is 87.1 cm³/mol. The van der Waals surface area contributed by atoms with Gasteiger partial charge in [0.1, 0.15) is 5.82 Å². The highest BCUT2D eigenvalue weighted by atomic mass is 79.9. The minimum absolute atomic E-state index is 0.175. The molecule has 1 amide bonds. The van der Waals surface area contributed by atoms with Crippen LogP contribution < -0.4 is 4.90 Å². The predicted octanol–water partition coefficient (Wildman–Crippen LogP) is 3.42. The van der Waals surface area contributed by atoms with E-state index in [1.54, 1.807) is 4.90 Å². The lowest BCUT2D eigenvalue weighted by molar-refractivity contribution is -0.138. The lowest BCUT2D eigenvalue weighted by Crippen LogP contribution is -2.48. The fourth-order valence-corrected chi connectivity index (χ4v) is 3.38. The minimum Gasteiger partial charge on any atom is -0.343 e. The van der Waals surface area contributed by atoms with E-state index < -0.39 is 17.0 Å². The van der Waals surface area contributed by atoms with Crippen molar-refractivity contribution in [3.8, 4) is 0 Å². The Morgan fingerprint density at radius 1 is 1.16 bits per heavy atom. The zero-order chi connectivity index (χ0) is 18.2. The van der Waals surface area contributed by atoms with E-state index in [2.05, 4.69) is 26.1 Å². The van der Waals surface area contributed by atoms with Crippen LogP contribution in [0.5, 0.6) is 0 Å². The second kappa shape index (κ2) is 6.87. The average Bonchev–Trinajstić information content (AvgIpc) is 3.07. The van der Waals surface area contributed by atoms with Gasteiger partial charge in [-0.3, -0.25) is 4.79 Å². The first kappa shape index (κ1) is 18.1. The van der Waals surface area contributed by atoms with Gasteiger partial charge in [-0.05, 0) is 34.1 Å². The molecule has 1 aliphatic rings. The average molecular weight is 439 g/mol. The molecule has 134 valence electrons. The Balaban J connectivity index is 1.64. The summed E-state index contributed by atoms with van der Waals surface area (Å²) in [4.78, 5) is 15.6. The van der Waals surface area contributed by atoms with Gasteiger partial charge in [-0.2, -0.15) is 13.2 Å². The third-order valence-electron chi connectivity index (χ3n) is 3.66. The number of benzene rings is 1. The quantitative estimate of drug-likeness (QED) is 0.674. The summed E-state index contributed by atoms with van der Waals surface area (Å²) in [5, 5.41) is 5.91. The second-order valence-electron chi connectivity index (χ2n) is 5.30. The Labute approximate surface area is 152 Å². The zero-order valence-corrected chi connectivity index (χ0v) is 15.0. The largest absolute Gasteiger partial charge is 0.445 e. The van der Waals surface area contributed by atoms with Crippen molar-refractivity contribution in [2.45, 2.75) is 6.18 Å². The smallest absolute Gasteiger partial charge is 0.343 e. The molecule has 1 saturated heterocycles. The van der Waals surface area contributed by atoms with Gasteiger partial charge in [0.25, 0.3) is 5.91 Å². The van der Waals surface area contributed by atoms with Gasteiger partial charge in [0.2, 0.25) is 10.1 Å². The molecule has 1 aromatic heterocycles. The van der Waals surface area contributed by atoms with Crippen molar-refractivity contribution in [3.05, 3.63) is 39.1 Å². The SMILES string of the molecule is O=C(c1ccc(Br)c(F)c1)N1CCN(c2nnc(C(F)(F)F)s2)CC1. The van der Waals surface area contributed by atoms with E-state index in [0.717, 1.165) is 6.07 Å². The van der Waals surface area contributed by atoms with Crippen LogP contribution in [-0.2, 0) is 6.18 Å². The van der Waals surface area contributed by atoms with E-state index in [1.165, 1.54) is 17.0 Å². The number of aromatic nitrogens is 2. The van der Waals surface area contributed by atoms with Gasteiger partial charge < -0.3 is 9.80 Å². The molecule has 2 heterocycles. The maximum Gasteiger partial charge on any atom is 0.445 e. The highest BCUT2D eigenvalue weighted by Crippen LogP contribution is 2.34. The van der Waals surface area contributed by atoms with Gasteiger partial charge in [-0.25, -0.2) is 4.39 Å². The van der Waals surface area contributed by atoms with Crippen molar-refractivity contribution in [2.75, 3.05) is 31.1 Å². The van der Waals surface area contributed by atoms with Crippen molar-refractivity contribution in [1.29, 1.82) is 0 Å². The molecule has 5 nitrogen and oxygen atoms in total. The highest BCUT2D eigenvalue weighted by Gasteiger charge is 2.36. The first-order chi connectivity index (χ1) is 11.8. The van der Waals surface area contributed by atoms with Crippen LogP contribution in [0.1, 0.15) is 15.4 Å². The lowest BCUT2D eigenvalue weighted by Gasteiger charge is -2.34. The molecule has 1 fully saturated rings. The number of alkyl halides is 3. The van der Waals surface area contributed by atoms with E-state index in [4.69, 9.17) is 0 Å². The van der Waals surface area contributed by atoms with E-state index >= 15 is 0 Å². The molecule has 25 heavy (non-hydrogen) atoms. The van der Waals surface area contributed by atoms with Crippen LogP contribution >= 0.6 is 27.3 Å². The molecule has 3 rings (SSSR count). The Bertz CT molecular complexity index is 789. The summed E-state index contributed by atoms with van der Waals surface area (Å²) in [5.74, 6) is -0.850. The molecule has 0 spiro atoms. The molecule has 0 aliphatic carbocycles. The van der Waals surface area contributed by atoms with E-state index in [1.807, 2.05) is 0 Å². The van der Waals surface area contributed by atoms with Gasteiger partial charge in [0.15, 0.2) is 0 Å². The minimum atomic E-state index is -4.51. The molecule has 11 heteroatoms. The molecule has 0 radical (unpaired) electrons. The van der Waals surface area contributed by atoms with Crippen LogP contribution in [0.2, 0.25) is 0 Å². The summed E-state index contributed by atoms with van der Waals surface area (Å²) in [6.45, 7) is 1.27. The van der Waals surface area contributed by atoms with Gasteiger partial charge in [-0.1, -0.05) is 11.3 Å². The number of anilines is 1. The number of piperazine rings is 1. The summed E-state index contributed by atoms with van der Waals surface area (Å²) in [6, 6.07) is 4.13. The van der Waals surface area contributed by atoms with Gasteiger partial charge >= 0.3 is 6.18 Å². The number of carbonyl (C=O) groups is 1. The maximum absolute atomic E-state index is 13.6. The van der Waals surface area contributed by atoms with Crippen LogP contribution in [-0.4, -0.2) is 47.2 Å². The molecule has 0 unspecified atom stereocenters. The summed E-state index contributed by atoms with van der Waals surface area (Å²) in [7, 11) is 0. The molecule has 0 atom stereocenters. The third kappa shape index (κ3) is 3.92. The lowest BCUT2D eigenvalue weighted by atomic mass is 10.2. The summed E-state index contributed by atoms with van der Waals surface area (Å²) in [6.07, 6.45) is -4.51. The zero-order valence-electron chi connectivity index (χ0n) is 12.6. The molecule has 0 saturated carbocycles. The number of rotatable bonds is 2. The van der Waals surface area contributed by atoms with Crippen LogP contribution in [0.25, 0.3) is 0 Å². The Hall–Kier alpha value is -1.75.